The lowest BCUT2D eigenvalue weighted by Gasteiger charge is -2.21. The molecule has 0 N–H and O–H groups in total. The minimum Gasteiger partial charge on any atom is -0.305 e. The van der Waals surface area contributed by atoms with Gasteiger partial charge in [0, 0.05) is 12.6 Å². The molecule has 1 aromatic carbocycles. The summed E-state index contributed by atoms with van der Waals surface area (Å²) in [4.78, 5) is 2.25. The average Bonchev–Trinajstić information content (AvgIpc) is 2.39. The Morgan fingerprint density at radius 3 is 2.00 bits per heavy atom. The van der Waals surface area contributed by atoms with Gasteiger partial charge in [-0.25, -0.2) is 0 Å². The Hall–Kier alpha value is -0.670. The number of hydrogen-bond acceptors (Lipinski definition) is 4. The predicted molar refractivity (Wildman–Crippen MR) is 83.5 cm³/mol. The summed E-state index contributed by atoms with van der Waals surface area (Å²) >= 11 is 0. The van der Waals surface area contributed by atoms with E-state index in [1.807, 2.05) is 38.1 Å². The summed E-state index contributed by atoms with van der Waals surface area (Å²) in [5, 5.41) is 0.622. The van der Waals surface area contributed by atoms with Gasteiger partial charge in [-0.1, -0.05) is 12.1 Å². The van der Waals surface area contributed by atoms with E-state index in [-0.39, 0.29) is 0 Å². The maximum Gasteiger partial charge on any atom is 0.361 e. The second kappa shape index (κ2) is 7.94. The summed E-state index contributed by atoms with van der Waals surface area (Å²) in [5.74, 6) is 0. The van der Waals surface area contributed by atoms with E-state index >= 15 is 0 Å². The molecular weight excluding hydrogens is 273 g/mol. The average molecular weight is 299 g/mol. The van der Waals surface area contributed by atoms with Gasteiger partial charge in [-0.2, -0.15) is 0 Å². The van der Waals surface area contributed by atoms with Gasteiger partial charge in [0.2, 0.25) is 0 Å². The second-order valence-electron chi connectivity index (χ2n) is 5.01. The molecule has 0 spiro atoms. The van der Waals surface area contributed by atoms with E-state index in [4.69, 9.17) is 9.05 Å². The lowest BCUT2D eigenvalue weighted by Crippen LogP contribution is -2.25. The fraction of sp³-hybridized carbons (Fsp3) is 0.600. The molecule has 114 valence electrons. The molecular formula is C15H26NO3P. The predicted octanol–water partition coefficient (Wildman–Crippen LogP) is 3.42. The van der Waals surface area contributed by atoms with E-state index in [1.165, 1.54) is 5.56 Å². The highest BCUT2D eigenvalue weighted by Crippen LogP contribution is 2.46. The maximum absolute atomic E-state index is 12.6. The van der Waals surface area contributed by atoms with Crippen LogP contribution in [0.2, 0.25) is 0 Å². The molecule has 0 aliphatic rings. The van der Waals surface area contributed by atoms with E-state index in [0.717, 1.165) is 6.54 Å². The Kier molecular flexibility index (Phi) is 6.90. The summed E-state index contributed by atoms with van der Waals surface area (Å²) in [6, 6.07) is 8.15. The zero-order chi connectivity index (χ0) is 15.2. The van der Waals surface area contributed by atoms with Gasteiger partial charge in [0.05, 0.1) is 18.5 Å². The highest BCUT2D eigenvalue weighted by Gasteiger charge is 2.26. The molecule has 0 saturated heterocycles. The molecule has 4 nitrogen and oxygen atoms in total. The molecule has 0 aromatic heterocycles. The first-order valence-corrected chi connectivity index (χ1v) is 8.66. The van der Waals surface area contributed by atoms with E-state index in [9.17, 15) is 4.57 Å². The Bertz CT molecular complexity index is 435. The SMILES string of the molecule is CCOP(=O)(OCC)c1ccc(CN(C)C(C)C)cc1. The molecule has 0 radical (unpaired) electrons. The van der Waals surface area contributed by atoms with Gasteiger partial charge in [-0.3, -0.25) is 9.46 Å². The number of hydrogen-bond donors (Lipinski definition) is 0. The highest BCUT2D eigenvalue weighted by molar-refractivity contribution is 7.62. The standard InChI is InChI=1S/C15H26NO3P/c1-6-18-20(17,19-7-2)15-10-8-14(9-11-15)12-16(5)13(3)4/h8-11,13H,6-7,12H2,1-5H3. The molecule has 1 aromatic rings. The number of benzene rings is 1. The Morgan fingerprint density at radius 1 is 1.10 bits per heavy atom. The van der Waals surface area contributed by atoms with Gasteiger partial charge in [0.1, 0.15) is 0 Å². The van der Waals surface area contributed by atoms with Gasteiger partial charge in [-0.05, 0) is 52.4 Å². The van der Waals surface area contributed by atoms with Crippen LogP contribution >= 0.6 is 7.60 Å². The highest BCUT2D eigenvalue weighted by atomic mass is 31.2. The fourth-order valence-corrected chi connectivity index (χ4v) is 3.35. The monoisotopic (exact) mass is 299 g/mol. The van der Waals surface area contributed by atoms with Crippen molar-refractivity contribution in [1.29, 1.82) is 0 Å². The van der Waals surface area contributed by atoms with Crippen LogP contribution in [-0.4, -0.2) is 31.2 Å². The van der Waals surface area contributed by atoms with Crippen molar-refractivity contribution in [2.75, 3.05) is 20.3 Å². The van der Waals surface area contributed by atoms with Crippen molar-refractivity contribution in [3.8, 4) is 0 Å². The van der Waals surface area contributed by atoms with Crippen LogP contribution in [0.1, 0.15) is 33.3 Å². The molecule has 0 bridgehead atoms. The molecule has 1 rings (SSSR count). The quantitative estimate of drug-likeness (QED) is 0.689. The molecule has 0 unspecified atom stereocenters. The smallest absolute Gasteiger partial charge is 0.305 e. The Balaban J connectivity index is 2.86. The zero-order valence-corrected chi connectivity index (χ0v) is 14.0. The molecule has 0 atom stereocenters. The van der Waals surface area contributed by atoms with Crippen molar-refractivity contribution in [3.05, 3.63) is 29.8 Å². The summed E-state index contributed by atoms with van der Waals surface area (Å²) in [5.41, 5.74) is 1.18. The van der Waals surface area contributed by atoms with Crippen molar-refractivity contribution in [2.24, 2.45) is 0 Å². The number of rotatable bonds is 8. The Labute approximate surface area is 122 Å². The van der Waals surface area contributed by atoms with Crippen molar-refractivity contribution in [1.82, 2.24) is 4.90 Å². The molecule has 0 amide bonds. The van der Waals surface area contributed by atoms with Crippen molar-refractivity contribution >= 4 is 12.9 Å². The minimum atomic E-state index is -3.16. The Morgan fingerprint density at radius 2 is 1.60 bits per heavy atom. The molecule has 0 fully saturated rings. The van der Waals surface area contributed by atoms with Crippen LogP contribution in [0, 0.1) is 0 Å². The third-order valence-corrected chi connectivity index (χ3v) is 5.29. The van der Waals surface area contributed by atoms with Gasteiger partial charge in [0.15, 0.2) is 0 Å². The molecule has 0 aliphatic heterocycles. The molecule has 0 heterocycles. The summed E-state index contributed by atoms with van der Waals surface area (Å²) < 4.78 is 23.3. The third kappa shape index (κ3) is 4.71. The summed E-state index contributed by atoms with van der Waals surface area (Å²) in [6.45, 7) is 9.56. The van der Waals surface area contributed by atoms with Gasteiger partial charge < -0.3 is 9.05 Å². The van der Waals surface area contributed by atoms with Crippen LogP contribution in [0.15, 0.2) is 24.3 Å². The lowest BCUT2D eigenvalue weighted by atomic mass is 10.2. The first-order valence-electron chi connectivity index (χ1n) is 7.11. The summed E-state index contributed by atoms with van der Waals surface area (Å²) in [7, 11) is -1.07. The molecule has 5 heteroatoms. The van der Waals surface area contributed by atoms with E-state index < -0.39 is 7.60 Å². The van der Waals surface area contributed by atoms with Crippen LogP contribution in [0.4, 0.5) is 0 Å². The topological polar surface area (TPSA) is 38.8 Å². The molecule has 20 heavy (non-hydrogen) atoms. The van der Waals surface area contributed by atoms with Gasteiger partial charge >= 0.3 is 7.60 Å². The summed E-state index contributed by atoms with van der Waals surface area (Å²) in [6.07, 6.45) is 0. The van der Waals surface area contributed by atoms with Gasteiger partial charge in [-0.15, -0.1) is 0 Å². The van der Waals surface area contributed by atoms with Crippen molar-refractivity contribution in [2.45, 2.75) is 40.3 Å². The van der Waals surface area contributed by atoms with Crippen LogP contribution in [0.3, 0.4) is 0 Å². The molecule has 0 saturated carbocycles. The van der Waals surface area contributed by atoms with Gasteiger partial charge in [0.25, 0.3) is 0 Å². The second-order valence-corrected chi connectivity index (χ2v) is 7.04. The van der Waals surface area contributed by atoms with Crippen molar-refractivity contribution < 1.29 is 13.6 Å². The first kappa shape index (κ1) is 17.4. The zero-order valence-electron chi connectivity index (χ0n) is 13.1. The largest absolute Gasteiger partial charge is 0.361 e. The number of nitrogens with zero attached hydrogens (tertiary/aromatic N) is 1. The first-order chi connectivity index (χ1) is 9.42. The van der Waals surface area contributed by atoms with Crippen LogP contribution < -0.4 is 5.30 Å². The molecule has 0 aliphatic carbocycles. The lowest BCUT2D eigenvalue weighted by molar-refractivity contribution is 0.230. The van der Waals surface area contributed by atoms with Crippen molar-refractivity contribution in [3.63, 3.8) is 0 Å². The van der Waals surface area contributed by atoms with Crippen LogP contribution in [-0.2, 0) is 20.2 Å². The van der Waals surface area contributed by atoms with Crippen LogP contribution in [0.5, 0.6) is 0 Å². The normalized spacial score (nSPS) is 12.3. The van der Waals surface area contributed by atoms with Crippen LogP contribution in [0.25, 0.3) is 0 Å². The maximum atomic E-state index is 12.6. The third-order valence-electron chi connectivity index (χ3n) is 3.16. The van der Waals surface area contributed by atoms with E-state index in [0.29, 0.717) is 24.6 Å². The van der Waals surface area contributed by atoms with E-state index in [2.05, 4.69) is 25.8 Å². The fourth-order valence-electron chi connectivity index (χ4n) is 1.78. The van der Waals surface area contributed by atoms with E-state index in [1.54, 1.807) is 0 Å². The minimum absolute atomic E-state index is 0.370.